The van der Waals surface area contributed by atoms with Gasteiger partial charge >= 0.3 is 82.2 Å². The molecule has 0 aliphatic heterocycles. The molecule has 0 spiro atoms. The maximum Gasteiger partial charge on any atom is 0 e. The molecule has 0 bridgehead atoms. The Morgan fingerprint density at radius 2 is 1.83 bits per heavy atom. The SMILES string of the molecule is CCCCCCCC(=O)[O][Sn].[Sn]. The second kappa shape index (κ2) is 12.1. The third kappa shape index (κ3) is 11.1. The molecule has 0 aromatic carbocycles. The second-order valence-electron chi connectivity index (χ2n) is 2.64. The van der Waals surface area contributed by atoms with E-state index in [9.17, 15) is 4.79 Å². The van der Waals surface area contributed by atoms with Crippen LogP contribution in [0.1, 0.15) is 45.4 Å². The molecule has 4 heteroatoms. The van der Waals surface area contributed by atoms with Crippen LogP contribution in [0.15, 0.2) is 0 Å². The predicted molar refractivity (Wildman–Crippen MR) is 51.0 cm³/mol. The Morgan fingerprint density at radius 3 is 2.33 bits per heavy atom. The summed E-state index contributed by atoms with van der Waals surface area (Å²) in [6.07, 6.45) is 6.55. The minimum atomic E-state index is -0.0419. The number of rotatable bonds is 6. The first-order valence-electron chi connectivity index (χ1n) is 4.17. The van der Waals surface area contributed by atoms with Crippen LogP contribution in [0, 0.1) is 0 Å². The van der Waals surface area contributed by atoms with Crippen molar-refractivity contribution in [2.24, 2.45) is 0 Å². The van der Waals surface area contributed by atoms with Gasteiger partial charge in [-0.3, -0.25) is 0 Å². The van der Waals surface area contributed by atoms with Gasteiger partial charge in [-0.25, -0.2) is 0 Å². The maximum absolute atomic E-state index is 10.6. The van der Waals surface area contributed by atoms with E-state index in [1.54, 1.807) is 0 Å². The van der Waals surface area contributed by atoms with Crippen LogP contribution in [0.3, 0.4) is 0 Å². The molecule has 0 saturated carbocycles. The zero-order valence-electron chi connectivity index (χ0n) is 7.56. The fourth-order valence-electron chi connectivity index (χ4n) is 0.924. The van der Waals surface area contributed by atoms with Crippen LogP contribution in [0.5, 0.6) is 0 Å². The number of hydrogen-bond acceptors (Lipinski definition) is 2. The molecule has 0 N–H and O–H groups in total. The summed E-state index contributed by atoms with van der Waals surface area (Å²) in [5.74, 6) is -0.0419. The van der Waals surface area contributed by atoms with Crippen LogP contribution in [0.4, 0.5) is 0 Å². The molecule has 0 atom stereocenters. The smallest absolute Gasteiger partial charge is 0 e. The van der Waals surface area contributed by atoms with E-state index in [1.807, 2.05) is 0 Å². The molecular formula is C8H15O2Sn2. The van der Waals surface area contributed by atoms with Gasteiger partial charge in [0, 0.05) is 23.9 Å². The van der Waals surface area contributed by atoms with E-state index in [1.165, 1.54) is 25.7 Å². The molecule has 0 aromatic heterocycles. The normalized spacial score (nSPS) is 8.83. The maximum atomic E-state index is 10.6. The molecule has 0 saturated heterocycles. The Balaban J connectivity index is 0. The van der Waals surface area contributed by atoms with Gasteiger partial charge < -0.3 is 0 Å². The predicted octanol–water partition coefficient (Wildman–Crippen LogP) is 1.59. The first-order chi connectivity index (χ1) is 5.31. The van der Waals surface area contributed by atoms with E-state index >= 15 is 0 Å². The molecule has 12 heavy (non-hydrogen) atoms. The van der Waals surface area contributed by atoms with Crippen molar-refractivity contribution in [3.8, 4) is 0 Å². The molecule has 0 unspecified atom stereocenters. The van der Waals surface area contributed by atoms with Crippen molar-refractivity contribution in [3.63, 3.8) is 0 Å². The van der Waals surface area contributed by atoms with E-state index in [4.69, 9.17) is 0 Å². The third-order valence-electron chi connectivity index (χ3n) is 1.60. The fourth-order valence-corrected chi connectivity index (χ4v) is 1.22. The quantitative estimate of drug-likeness (QED) is 0.517. The Hall–Kier alpha value is 1.07. The van der Waals surface area contributed by atoms with E-state index in [0.717, 1.165) is 29.4 Å². The van der Waals surface area contributed by atoms with Crippen LogP contribution in [0.2, 0.25) is 0 Å². The summed E-state index contributed by atoms with van der Waals surface area (Å²) in [5, 5.41) is 0. The number of hydrogen-bond donors (Lipinski definition) is 0. The average Bonchev–Trinajstić information content (AvgIpc) is 2.04. The van der Waals surface area contributed by atoms with Gasteiger partial charge in [0.2, 0.25) is 0 Å². The zero-order chi connectivity index (χ0) is 8.53. The first kappa shape index (κ1) is 15.5. The molecule has 67 valence electrons. The monoisotopic (exact) mass is 383 g/mol. The Labute approximate surface area is 105 Å². The molecule has 0 aliphatic carbocycles. The molecule has 0 heterocycles. The summed E-state index contributed by atoms with van der Waals surface area (Å²) in [6, 6.07) is 0. The summed E-state index contributed by atoms with van der Waals surface area (Å²) in [5.41, 5.74) is 0. The van der Waals surface area contributed by atoms with Gasteiger partial charge in [-0.2, -0.15) is 0 Å². The summed E-state index contributed by atoms with van der Waals surface area (Å²) in [4.78, 5) is 10.6. The first-order valence-corrected chi connectivity index (χ1v) is 5.34. The van der Waals surface area contributed by atoms with Crippen LogP contribution < -0.4 is 0 Å². The molecule has 0 aliphatic rings. The van der Waals surface area contributed by atoms with Crippen molar-refractivity contribution < 1.29 is 7.87 Å². The average molecular weight is 381 g/mol. The van der Waals surface area contributed by atoms with Crippen molar-refractivity contribution in [3.05, 3.63) is 0 Å². The van der Waals surface area contributed by atoms with Gasteiger partial charge in [-0.1, -0.05) is 0 Å². The van der Waals surface area contributed by atoms with Crippen LogP contribution in [0.25, 0.3) is 0 Å². The largest absolute Gasteiger partial charge is 0 e. The minimum Gasteiger partial charge on any atom is 0 e. The molecule has 2 nitrogen and oxygen atoms in total. The third-order valence-corrected chi connectivity index (χ3v) is 2.25. The zero-order valence-corrected chi connectivity index (χ0v) is 13.3. The van der Waals surface area contributed by atoms with E-state index < -0.39 is 0 Å². The van der Waals surface area contributed by atoms with Gasteiger partial charge in [0.25, 0.3) is 0 Å². The van der Waals surface area contributed by atoms with Crippen molar-refractivity contribution in [2.45, 2.75) is 45.4 Å². The number of carbonyl (C=O) groups excluding carboxylic acids is 1. The molecule has 0 rings (SSSR count). The van der Waals surface area contributed by atoms with Gasteiger partial charge in [0.15, 0.2) is 0 Å². The van der Waals surface area contributed by atoms with E-state index in [-0.39, 0.29) is 29.9 Å². The second-order valence-corrected chi connectivity index (χ2v) is 3.22. The standard InChI is InChI=1S/C8H16O2.2Sn/c1-2-3-4-5-6-7-8(9)10;;/h2-7H2,1H3,(H,9,10);;/q;;+1/p-1. The molecular weight excluding hydrogens is 366 g/mol. The minimum absolute atomic E-state index is 0. The Bertz CT molecular complexity index is 107. The van der Waals surface area contributed by atoms with E-state index in [2.05, 4.69) is 10.00 Å². The van der Waals surface area contributed by atoms with Crippen molar-refractivity contribution >= 4 is 52.8 Å². The van der Waals surface area contributed by atoms with Crippen molar-refractivity contribution in [2.75, 3.05) is 0 Å². The van der Waals surface area contributed by atoms with Crippen molar-refractivity contribution in [1.82, 2.24) is 0 Å². The van der Waals surface area contributed by atoms with Gasteiger partial charge in [0.05, 0.1) is 0 Å². The molecule has 0 fully saturated rings. The van der Waals surface area contributed by atoms with Crippen LogP contribution >= 0.6 is 0 Å². The summed E-state index contributed by atoms with van der Waals surface area (Å²) >= 11 is 0.858. The molecule has 0 amide bonds. The van der Waals surface area contributed by atoms with Gasteiger partial charge in [0.1, 0.15) is 0 Å². The van der Waals surface area contributed by atoms with Crippen LogP contribution in [-0.2, 0) is 7.87 Å². The van der Waals surface area contributed by atoms with Gasteiger partial charge in [-0.15, -0.1) is 0 Å². The van der Waals surface area contributed by atoms with Gasteiger partial charge in [-0.05, 0) is 0 Å². The fraction of sp³-hybridized carbons (Fsp3) is 0.875. The Morgan fingerprint density at radius 1 is 1.25 bits per heavy atom. The number of unbranched alkanes of at least 4 members (excludes halogenated alkanes) is 4. The molecule has 0 aromatic rings. The summed E-state index contributed by atoms with van der Waals surface area (Å²) < 4.78 is 4.61. The van der Waals surface area contributed by atoms with E-state index in [0.29, 0.717) is 6.42 Å². The Kier molecular flexibility index (Phi) is 15.6. The molecule has 7 radical (unpaired) electrons. The topological polar surface area (TPSA) is 26.3 Å². The summed E-state index contributed by atoms with van der Waals surface area (Å²) in [6.45, 7) is 2.18. The summed E-state index contributed by atoms with van der Waals surface area (Å²) in [7, 11) is 0. The number of carbonyl (C=O) groups is 1. The van der Waals surface area contributed by atoms with Crippen LogP contribution in [-0.4, -0.2) is 52.8 Å². The van der Waals surface area contributed by atoms with Crippen molar-refractivity contribution in [1.29, 1.82) is 0 Å².